The van der Waals surface area contributed by atoms with Gasteiger partial charge in [-0.1, -0.05) is 54.6 Å². The first-order chi connectivity index (χ1) is 24.9. The maximum atomic E-state index is 14.5. The van der Waals surface area contributed by atoms with Gasteiger partial charge in [-0.2, -0.15) is 8.88 Å². The minimum absolute atomic E-state index is 0.232. The van der Waals surface area contributed by atoms with Crippen LogP contribution in [0.1, 0.15) is 24.0 Å². The molecule has 1 amide bonds. The molecule has 0 bridgehead atoms. The average Bonchev–Trinajstić information content (AvgIpc) is 3.81. The number of nitrogens with one attached hydrogen (secondary N) is 1. The van der Waals surface area contributed by atoms with Gasteiger partial charge >= 0.3 is 0 Å². The quantitative estimate of drug-likeness (QED) is 0.0758. The standard InChI is InChI=1S/C41H37N5O4S/c42-43-41(47)29-17-21-44(22-18-29)51(48,49)39-12-6-3-9-34(39)40-32-15-13-30(45-23-19-27-7-1-4-10-35(27)45)25-37(32)50-38-26-31(14-16-33(38)40)46-24-20-28-8-2-5-11-36(28)46/h1-16,25-26,29H,17-24,42H2/p+1. The second-order valence-electron chi connectivity index (χ2n) is 13.6. The number of benzene rings is 5. The van der Waals surface area contributed by atoms with Crippen molar-refractivity contribution in [2.45, 2.75) is 30.6 Å². The number of hydrazine groups is 1. The predicted octanol–water partition coefficient (Wildman–Crippen LogP) is 5.95. The number of hydrogen-bond donors (Lipinski definition) is 2. The van der Waals surface area contributed by atoms with Crippen molar-refractivity contribution in [1.29, 1.82) is 0 Å². The Labute approximate surface area is 296 Å². The van der Waals surface area contributed by atoms with E-state index < -0.39 is 10.0 Å². The Kier molecular flexibility index (Phi) is 7.76. The van der Waals surface area contributed by atoms with Gasteiger partial charge in [0.25, 0.3) is 0 Å². The lowest BCUT2D eigenvalue weighted by Gasteiger charge is -2.31. The van der Waals surface area contributed by atoms with Crippen molar-refractivity contribution in [2.75, 3.05) is 31.1 Å². The molecule has 0 radical (unpaired) electrons. The normalized spacial score (nSPS) is 17.5. The molecule has 1 aliphatic carbocycles. The van der Waals surface area contributed by atoms with E-state index in [-0.39, 0.29) is 29.8 Å². The van der Waals surface area contributed by atoms with Crippen LogP contribution in [0.4, 0.5) is 17.1 Å². The Morgan fingerprint density at radius 3 is 2.41 bits per heavy atom. The van der Waals surface area contributed by atoms with E-state index >= 15 is 0 Å². The highest BCUT2D eigenvalue weighted by Gasteiger charge is 2.34. The molecule has 10 heteroatoms. The summed E-state index contributed by atoms with van der Waals surface area (Å²) in [4.78, 5) is 14.8. The number of carbonyl (C=O) groups is 1. The largest absolute Gasteiger partial charge is 0.456 e. The summed E-state index contributed by atoms with van der Waals surface area (Å²) in [5.74, 6) is 5.49. The highest BCUT2D eigenvalue weighted by molar-refractivity contribution is 7.89. The number of rotatable bonds is 5. The molecule has 4 aliphatic heterocycles. The zero-order chi connectivity index (χ0) is 34.7. The van der Waals surface area contributed by atoms with Gasteiger partial charge in [-0.15, -0.1) is 0 Å². The summed E-state index contributed by atoms with van der Waals surface area (Å²) in [7, 11) is -3.92. The van der Waals surface area contributed by atoms with E-state index in [0.717, 1.165) is 53.5 Å². The van der Waals surface area contributed by atoms with Crippen LogP contribution in [0, 0.1) is 5.92 Å². The van der Waals surface area contributed by atoms with Gasteiger partial charge in [0.1, 0.15) is 11.3 Å². The van der Waals surface area contributed by atoms with E-state index in [9.17, 15) is 13.2 Å². The van der Waals surface area contributed by atoms with Gasteiger partial charge in [-0.25, -0.2) is 14.3 Å². The average molecular weight is 697 g/mol. The molecule has 0 atom stereocenters. The van der Waals surface area contributed by atoms with E-state index in [0.29, 0.717) is 29.7 Å². The monoisotopic (exact) mass is 696 g/mol. The SMILES string of the molecule is NNC(=O)C1CCN(S(=O)(=O)c2ccccc2-c2c3ccc(=[N+]4CCc5ccccc54)cc-3oc3cc(N4CCc5ccccc54)ccc23)CC1. The Morgan fingerprint density at radius 2 is 1.57 bits per heavy atom. The maximum Gasteiger partial charge on any atom is 0.243 e. The molecular formula is C41H38N5O4S+. The van der Waals surface area contributed by atoms with Crippen LogP contribution in [0.2, 0.25) is 0 Å². The lowest BCUT2D eigenvalue weighted by molar-refractivity contribution is -0.126. The predicted molar refractivity (Wildman–Crippen MR) is 199 cm³/mol. The summed E-state index contributed by atoms with van der Waals surface area (Å²) in [5, 5.41) is 1.86. The van der Waals surface area contributed by atoms with Crippen LogP contribution in [0.15, 0.2) is 119 Å². The summed E-state index contributed by atoms with van der Waals surface area (Å²) in [5.41, 5.74) is 11.2. The van der Waals surface area contributed by atoms with Crippen LogP contribution < -0.4 is 26.1 Å². The fourth-order valence-electron chi connectivity index (χ4n) is 8.22. The highest BCUT2D eigenvalue weighted by atomic mass is 32.2. The van der Waals surface area contributed by atoms with Crippen LogP contribution >= 0.6 is 0 Å². The number of amides is 1. The van der Waals surface area contributed by atoms with Crippen molar-refractivity contribution >= 4 is 44.0 Å². The summed E-state index contributed by atoms with van der Waals surface area (Å²) in [6.45, 7) is 2.21. The molecule has 9 nitrogen and oxygen atoms in total. The van der Waals surface area contributed by atoms with Gasteiger partial charge in [-0.3, -0.25) is 10.2 Å². The summed E-state index contributed by atoms with van der Waals surface area (Å²) < 4.78 is 39.5. The summed E-state index contributed by atoms with van der Waals surface area (Å²) in [6.07, 6.45) is 2.75. The first-order valence-corrected chi connectivity index (χ1v) is 19.0. The van der Waals surface area contributed by atoms with Gasteiger partial charge < -0.3 is 9.32 Å². The Morgan fingerprint density at radius 1 is 0.804 bits per heavy atom. The maximum absolute atomic E-state index is 14.5. The Bertz CT molecular complexity index is 2500. The van der Waals surface area contributed by atoms with Gasteiger partial charge in [0.05, 0.1) is 11.0 Å². The third-order valence-corrected chi connectivity index (χ3v) is 12.8. The zero-order valence-electron chi connectivity index (χ0n) is 28.1. The molecule has 4 heterocycles. The third kappa shape index (κ3) is 5.33. The van der Waals surface area contributed by atoms with E-state index in [2.05, 4.69) is 99.8 Å². The number of sulfonamides is 1. The van der Waals surface area contributed by atoms with Crippen LogP contribution in [-0.2, 0) is 27.7 Å². The summed E-state index contributed by atoms with van der Waals surface area (Å²) >= 11 is 0. The minimum atomic E-state index is -3.92. The molecule has 0 unspecified atom stereocenters. The van der Waals surface area contributed by atoms with Crippen molar-refractivity contribution in [3.05, 3.63) is 126 Å². The molecule has 3 N–H and O–H groups in total. The molecule has 4 aromatic carbocycles. The van der Waals surface area contributed by atoms with Gasteiger partial charge in [-0.05, 0) is 55.2 Å². The van der Waals surface area contributed by atoms with E-state index in [1.165, 1.54) is 26.8 Å². The van der Waals surface area contributed by atoms with Crippen molar-refractivity contribution in [1.82, 2.24) is 14.3 Å². The molecule has 1 fully saturated rings. The topological polar surface area (TPSA) is 112 Å². The Balaban J connectivity index is 1.23. The minimum Gasteiger partial charge on any atom is -0.456 e. The molecule has 4 aromatic rings. The van der Waals surface area contributed by atoms with Crippen LogP contribution in [0.3, 0.4) is 0 Å². The molecule has 5 aliphatic rings. The number of anilines is 2. The number of carbonyl (C=O) groups excluding carboxylic acids is 1. The molecule has 0 saturated carbocycles. The lowest BCUT2D eigenvalue weighted by Crippen LogP contribution is -2.44. The second kappa shape index (κ2) is 12.5. The van der Waals surface area contributed by atoms with Gasteiger partial charge in [0.15, 0.2) is 6.54 Å². The number of piperidine rings is 1. The number of nitrogens with two attached hydrogens (primary N) is 1. The zero-order valence-corrected chi connectivity index (χ0v) is 28.9. The number of nitrogens with zero attached hydrogens (tertiary/aromatic N) is 3. The summed E-state index contributed by atoms with van der Waals surface area (Å²) in [6, 6.07) is 36.7. The molecule has 256 valence electrons. The molecule has 0 aromatic heterocycles. The highest BCUT2D eigenvalue weighted by Crippen LogP contribution is 2.45. The fourth-order valence-corrected chi connectivity index (χ4v) is 9.89. The van der Waals surface area contributed by atoms with Crippen molar-refractivity contribution in [3.8, 4) is 22.5 Å². The van der Waals surface area contributed by atoms with Gasteiger partial charge in [0.2, 0.25) is 27.0 Å². The van der Waals surface area contributed by atoms with Crippen LogP contribution in [0.25, 0.3) is 33.4 Å². The molecule has 9 rings (SSSR count). The molecule has 51 heavy (non-hydrogen) atoms. The third-order valence-electron chi connectivity index (χ3n) is 10.8. The number of para-hydroxylation sites is 2. The van der Waals surface area contributed by atoms with Gasteiger partial charge in [0, 0.05) is 89.2 Å². The van der Waals surface area contributed by atoms with Crippen molar-refractivity contribution in [3.63, 3.8) is 0 Å². The molecule has 1 saturated heterocycles. The van der Waals surface area contributed by atoms with E-state index in [1.807, 2.05) is 12.1 Å². The molecular weight excluding hydrogens is 659 g/mol. The second-order valence-corrected chi connectivity index (χ2v) is 15.5. The lowest BCUT2D eigenvalue weighted by atomic mass is 9.93. The first-order valence-electron chi connectivity index (χ1n) is 17.6. The molecule has 0 spiro atoms. The smallest absolute Gasteiger partial charge is 0.243 e. The number of fused-ring (bicyclic) bond motifs is 4. The van der Waals surface area contributed by atoms with Crippen LogP contribution in [0.5, 0.6) is 0 Å². The van der Waals surface area contributed by atoms with E-state index in [4.69, 9.17) is 10.3 Å². The van der Waals surface area contributed by atoms with E-state index in [1.54, 1.807) is 12.1 Å². The first kappa shape index (κ1) is 31.7. The number of hydrogen-bond acceptors (Lipinski definition) is 6. The van der Waals surface area contributed by atoms with Crippen molar-refractivity contribution < 1.29 is 17.6 Å². The van der Waals surface area contributed by atoms with Crippen LogP contribution in [-0.4, -0.2) is 44.8 Å². The van der Waals surface area contributed by atoms with Crippen molar-refractivity contribution in [2.24, 2.45) is 11.8 Å². The fraction of sp³-hybridized carbons (Fsp3) is 0.220. The Hall–Kier alpha value is -5.29.